The Morgan fingerprint density at radius 3 is 2.48 bits per heavy atom. The largest absolute Gasteiger partial charge is 0.324 e. The molecule has 0 spiro atoms. The highest BCUT2D eigenvalue weighted by Gasteiger charge is 2.14. The Kier molecular flexibility index (Phi) is 5.84. The number of thiazole rings is 1. The molecular formula is C18H18N4O3S2. The number of sulfonamides is 1. The van der Waals surface area contributed by atoms with E-state index in [0.717, 1.165) is 16.8 Å². The molecule has 0 aliphatic heterocycles. The average molecular weight is 403 g/mol. The van der Waals surface area contributed by atoms with Gasteiger partial charge in [-0.15, -0.1) is 11.3 Å². The van der Waals surface area contributed by atoms with Crippen LogP contribution in [0.2, 0.25) is 0 Å². The van der Waals surface area contributed by atoms with Gasteiger partial charge < -0.3 is 5.32 Å². The quantitative estimate of drug-likeness (QED) is 0.551. The maximum absolute atomic E-state index is 12.2. The van der Waals surface area contributed by atoms with Gasteiger partial charge in [0.25, 0.3) is 0 Å². The van der Waals surface area contributed by atoms with Gasteiger partial charge in [-0.25, -0.2) is 18.2 Å². The minimum absolute atomic E-state index is 0.141. The number of urea groups is 1. The first-order valence-corrected chi connectivity index (χ1v) is 10.4. The molecule has 0 fully saturated rings. The first-order valence-electron chi connectivity index (χ1n) is 8.06. The topological polar surface area (TPSA) is 100 Å². The van der Waals surface area contributed by atoms with Crippen molar-refractivity contribution >= 4 is 32.5 Å². The van der Waals surface area contributed by atoms with Gasteiger partial charge in [0.2, 0.25) is 10.0 Å². The number of nitrogens with one attached hydrogen (secondary N) is 3. The van der Waals surface area contributed by atoms with E-state index in [4.69, 9.17) is 0 Å². The summed E-state index contributed by atoms with van der Waals surface area (Å²) in [6.45, 7) is 1.64. The van der Waals surface area contributed by atoms with Crippen molar-refractivity contribution < 1.29 is 13.2 Å². The van der Waals surface area contributed by atoms with E-state index in [1.165, 1.54) is 23.5 Å². The Balaban J connectivity index is 1.51. The van der Waals surface area contributed by atoms with E-state index in [-0.39, 0.29) is 11.6 Å². The molecule has 3 rings (SSSR count). The van der Waals surface area contributed by atoms with E-state index >= 15 is 0 Å². The lowest BCUT2D eigenvalue weighted by Gasteiger charge is -2.08. The van der Waals surface area contributed by atoms with Gasteiger partial charge in [0.15, 0.2) is 5.13 Å². The number of nitrogens with zero attached hydrogens (tertiary/aromatic N) is 1. The fraction of sp³-hybridized carbons (Fsp3) is 0.111. The number of carbonyl (C=O) groups excluding carboxylic acids is 1. The summed E-state index contributed by atoms with van der Waals surface area (Å²) in [4.78, 5) is 16.4. The molecule has 27 heavy (non-hydrogen) atoms. The van der Waals surface area contributed by atoms with Crippen molar-refractivity contribution in [3.8, 4) is 11.3 Å². The van der Waals surface area contributed by atoms with Crippen molar-refractivity contribution in [2.75, 3.05) is 12.0 Å². The van der Waals surface area contributed by atoms with E-state index in [2.05, 4.69) is 20.3 Å². The molecule has 0 saturated carbocycles. The molecule has 3 aromatic rings. The molecule has 0 unspecified atom stereocenters. The third-order valence-corrected chi connectivity index (χ3v) is 5.81. The summed E-state index contributed by atoms with van der Waals surface area (Å²) in [6.07, 6.45) is 0. The SMILES string of the molecule is Cc1ccc(S(=O)(=O)NCNC(=O)Nc2nc(-c3ccccc3)cs2)cc1. The smallest absolute Gasteiger partial charge is 0.322 e. The third kappa shape index (κ3) is 5.13. The van der Waals surface area contributed by atoms with Crippen molar-refractivity contribution in [2.45, 2.75) is 11.8 Å². The summed E-state index contributed by atoms with van der Waals surface area (Å²) in [7, 11) is -3.68. The van der Waals surface area contributed by atoms with Crippen molar-refractivity contribution in [3.63, 3.8) is 0 Å². The maximum atomic E-state index is 12.2. The molecule has 7 nitrogen and oxygen atoms in total. The molecule has 0 aliphatic carbocycles. The molecule has 0 aliphatic rings. The van der Waals surface area contributed by atoms with E-state index in [0.29, 0.717) is 5.13 Å². The summed E-state index contributed by atoms with van der Waals surface area (Å²) < 4.78 is 26.6. The Labute approximate surface area is 161 Å². The Bertz CT molecular complexity index is 1020. The molecule has 9 heteroatoms. The lowest BCUT2D eigenvalue weighted by atomic mass is 10.2. The molecule has 0 radical (unpaired) electrons. The average Bonchev–Trinajstić information content (AvgIpc) is 3.11. The van der Waals surface area contributed by atoms with E-state index in [1.54, 1.807) is 12.1 Å². The number of amides is 2. The second-order valence-corrected chi connectivity index (χ2v) is 8.30. The first kappa shape index (κ1) is 19.0. The standard InChI is InChI=1S/C18H18N4O3S2/c1-13-7-9-15(10-8-13)27(24,25)20-12-19-17(23)22-18-21-16(11-26-18)14-5-3-2-4-6-14/h2-11,20H,12H2,1H3,(H2,19,21,22,23). The van der Waals surface area contributed by atoms with Crippen LogP contribution in [0.25, 0.3) is 11.3 Å². The fourth-order valence-corrected chi connectivity index (χ4v) is 3.86. The predicted molar refractivity (Wildman–Crippen MR) is 106 cm³/mol. The van der Waals surface area contributed by atoms with Gasteiger partial charge in [-0.1, -0.05) is 48.0 Å². The van der Waals surface area contributed by atoms with Gasteiger partial charge in [0.05, 0.1) is 17.3 Å². The van der Waals surface area contributed by atoms with E-state index < -0.39 is 16.1 Å². The van der Waals surface area contributed by atoms with Crippen LogP contribution in [0.3, 0.4) is 0 Å². The molecule has 2 aromatic carbocycles. The van der Waals surface area contributed by atoms with Gasteiger partial charge in [-0.2, -0.15) is 4.72 Å². The van der Waals surface area contributed by atoms with Gasteiger partial charge in [-0.3, -0.25) is 5.32 Å². The van der Waals surface area contributed by atoms with Crippen LogP contribution in [-0.2, 0) is 10.0 Å². The van der Waals surface area contributed by atoms with E-state index in [1.807, 2.05) is 42.6 Å². The zero-order valence-electron chi connectivity index (χ0n) is 14.5. The van der Waals surface area contributed by atoms with Gasteiger partial charge >= 0.3 is 6.03 Å². The number of anilines is 1. The van der Waals surface area contributed by atoms with Crippen molar-refractivity contribution in [3.05, 3.63) is 65.5 Å². The Morgan fingerprint density at radius 2 is 1.78 bits per heavy atom. The van der Waals surface area contributed by atoms with Crippen molar-refractivity contribution in [1.82, 2.24) is 15.0 Å². The highest BCUT2D eigenvalue weighted by Crippen LogP contribution is 2.24. The number of rotatable bonds is 6. The molecule has 140 valence electrons. The van der Waals surface area contributed by atoms with Crippen molar-refractivity contribution in [1.29, 1.82) is 0 Å². The van der Waals surface area contributed by atoms with E-state index in [9.17, 15) is 13.2 Å². The molecular weight excluding hydrogens is 384 g/mol. The highest BCUT2D eigenvalue weighted by atomic mass is 32.2. The van der Waals surface area contributed by atoms with Crippen LogP contribution in [0.15, 0.2) is 64.9 Å². The van der Waals surface area contributed by atoms with Gasteiger partial charge in [0, 0.05) is 10.9 Å². The molecule has 0 atom stereocenters. The second kappa shape index (κ2) is 8.30. The zero-order valence-corrected chi connectivity index (χ0v) is 16.1. The summed E-state index contributed by atoms with van der Waals surface area (Å²) in [5, 5.41) is 7.29. The highest BCUT2D eigenvalue weighted by molar-refractivity contribution is 7.89. The zero-order chi connectivity index (χ0) is 19.3. The number of hydrogen-bond acceptors (Lipinski definition) is 5. The van der Waals surface area contributed by atoms with Crippen LogP contribution in [0.4, 0.5) is 9.93 Å². The normalized spacial score (nSPS) is 11.1. The van der Waals surface area contributed by atoms with Crippen LogP contribution < -0.4 is 15.4 Å². The number of aryl methyl sites for hydroxylation is 1. The third-order valence-electron chi connectivity index (χ3n) is 3.64. The van der Waals surface area contributed by atoms with Crippen LogP contribution in [0, 0.1) is 6.92 Å². The number of carbonyl (C=O) groups is 1. The second-order valence-electron chi connectivity index (χ2n) is 5.67. The summed E-state index contributed by atoms with van der Waals surface area (Å²) >= 11 is 1.29. The van der Waals surface area contributed by atoms with Crippen LogP contribution in [0.1, 0.15) is 5.56 Å². The predicted octanol–water partition coefficient (Wildman–Crippen LogP) is 3.18. The Morgan fingerprint density at radius 1 is 1.07 bits per heavy atom. The maximum Gasteiger partial charge on any atom is 0.322 e. The molecule has 1 aromatic heterocycles. The van der Waals surface area contributed by atoms with Crippen LogP contribution >= 0.6 is 11.3 Å². The number of hydrogen-bond donors (Lipinski definition) is 3. The Hall–Kier alpha value is -2.75. The summed E-state index contributed by atoms with van der Waals surface area (Å²) in [5.74, 6) is 0. The van der Waals surface area contributed by atoms with Gasteiger partial charge in [-0.05, 0) is 19.1 Å². The van der Waals surface area contributed by atoms with Crippen LogP contribution in [-0.4, -0.2) is 26.1 Å². The lowest BCUT2D eigenvalue weighted by Crippen LogP contribution is -2.39. The number of benzene rings is 2. The molecule has 0 saturated heterocycles. The summed E-state index contributed by atoms with van der Waals surface area (Å²) in [6, 6.07) is 15.5. The van der Waals surface area contributed by atoms with Gasteiger partial charge in [0.1, 0.15) is 0 Å². The molecule has 2 amide bonds. The molecule has 0 bridgehead atoms. The first-order chi connectivity index (χ1) is 12.9. The number of aromatic nitrogens is 1. The molecule has 1 heterocycles. The monoisotopic (exact) mass is 402 g/mol. The minimum Gasteiger partial charge on any atom is -0.324 e. The lowest BCUT2D eigenvalue weighted by molar-refractivity contribution is 0.252. The van der Waals surface area contributed by atoms with Crippen LogP contribution in [0.5, 0.6) is 0 Å². The fourth-order valence-electron chi connectivity index (χ4n) is 2.23. The summed E-state index contributed by atoms with van der Waals surface area (Å²) in [5.41, 5.74) is 2.67. The molecule has 3 N–H and O–H groups in total. The van der Waals surface area contributed by atoms with Crippen molar-refractivity contribution in [2.24, 2.45) is 0 Å². The minimum atomic E-state index is -3.68.